The molecule has 0 saturated carbocycles. The third kappa shape index (κ3) is 4.91. The number of rotatable bonds is 6. The van der Waals surface area contributed by atoms with Gasteiger partial charge in [-0.3, -0.25) is 4.79 Å². The lowest BCUT2D eigenvalue weighted by molar-refractivity contribution is -0.137. The number of ether oxygens (including phenoxy) is 2. The average molecular weight is 367 g/mol. The first-order valence-corrected chi connectivity index (χ1v) is 7.92. The first-order valence-electron chi connectivity index (χ1n) is 7.92. The summed E-state index contributed by atoms with van der Waals surface area (Å²) in [5, 5.41) is 2.77. The molecule has 2 rings (SSSR count). The van der Waals surface area contributed by atoms with Gasteiger partial charge in [0.15, 0.2) is 0 Å². The topological polar surface area (TPSA) is 47.6 Å². The van der Waals surface area contributed by atoms with Gasteiger partial charge in [0, 0.05) is 5.56 Å². The Kier molecular flexibility index (Phi) is 6.13. The third-order valence-corrected chi connectivity index (χ3v) is 3.90. The van der Waals surface area contributed by atoms with Gasteiger partial charge in [0.25, 0.3) is 0 Å². The second-order valence-corrected chi connectivity index (χ2v) is 5.77. The molecule has 0 spiro atoms. The van der Waals surface area contributed by atoms with Crippen LogP contribution in [-0.4, -0.2) is 20.1 Å². The van der Waals surface area contributed by atoms with E-state index < -0.39 is 17.8 Å². The van der Waals surface area contributed by atoms with Crippen molar-refractivity contribution >= 4 is 5.91 Å². The highest BCUT2D eigenvalue weighted by atomic mass is 19.4. The summed E-state index contributed by atoms with van der Waals surface area (Å²) >= 11 is 0. The largest absolute Gasteiger partial charge is 0.497 e. The number of halogens is 3. The van der Waals surface area contributed by atoms with Crippen molar-refractivity contribution in [3.8, 4) is 11.5 Å². The Balaban J connectivity index is 2.11. The second kappa shape index (κ2) is 8.12. The average Bonchev–Trinajstić information content (AvgIpc) is 2.60. The van der Waals surface area contributed by atoms with Crippen molar-refractivity contribution in [2.24, 2.45) is 0 Å². The van der Waals surface area contributed by atoms with Crippen molar-refractivity contribution in [2.75, 3.05) is 14.2 Å². The SMILES string of the molecule is COc1ccc(OC)c([C@@H](C)NC(=O)Cc2cccc(C(F)(F)F)c2)c1. The zero-order chi connectivity index (χ0) is 19.3. The summed E-state index contributed by atoms with van der Waals surface area (Å²) in [5.41, 5.74) is 0.233. The van der Waals surface area contributed by atoms with Crippen molar-refractivity contribution in [3.63, 3.8) is 0 Å². The Bertz CT molecular complexity index is 775. The van der Waals surface area contributed by atoms with E-state index in [1.807, 2.05) is 0 Å². The van der Waals surface area contributed by atoms with Crippen LogP contribution in [0.3, 0.4) is 0 Å². The normalized spacial score (nSPS) is 12.4. The van der Waals surface area contributed by atoms with Crippen LogP contribution in [-0.2, 0) is 17.4 Å². The van der Waals surface area contributed by atoms with Gasteiger partial charge in [-0.15, -0.1) is 0 Å². The van der Waals surface area contributed by atoms with Gasteiger partial charge >= 0.3 is 6.18 Å². The molecule has 0 unspecified atom stereocenters. The maximum absolute atomic E-state index is 12.8. The van der Waals surface area contributed by atoms with E-state index in [4.69, 9.17) is 9.47 Å². The molecule has 0 radical (unpaired) electrons. The minimum absolute atomic E-state index is 0.152. The maximum Gasteiger partial charge on any atom is 0.416 e. The van der Waals surface area contributed by atoms with Gasteiger partial charge in [-0.05, 0) is 36.8 Å². The molecular weight excluding hydrogens is 347 g/mol. The molecule has 140 valence electrons. The number of hydrogen-bond acceptors (Lipinski definition) is 3. The van der Waals surface area contributed by atoms with Crippen molar-refractivity contribution in [1.82, 2.24) is 5.32 Å². The van der Waals surface area contributed by atoms with Gasteiger partial charge in [0.2, 0.25) is 5.91 Å². The molecule has 1 amide bonds. The fourth-order valence-corrected chi connectivity index (χ4v) is 2.59. The van der Waals surface area contributed by atoms with Crippen LogP contribution in [0.1, 0.15) is 29.7 Å². The smallest absolute Gasteiger partial charge is 0.416 e. The van der Waals surface area contributed by atoms with Crippen molar-refractivity contribution in [2.45, 2.75) is 25.6 Å². The molecule has 1 atom stereocenters. The van der Waals surface area contributed by atoms with E-state index in [2.05, 4.69) is 5.32 Å². The van der Waals surface area contributed by atoms with Crippen LogP contribution in [0.4, 0.5) is 13.2 Å². The highest BCUT2D eigenvalue weighted by molar-refractivity contribution is 5.79. The predicted octanol–water partition coefficient (Wildman–Crippen LogP) is 4.14. The maximum atomic E-state index is 12.8. The standard InChI is InChI=1S/C19H20F3NO3/c1-12(16-11-15(25-2)7-8-17(16)26-3)23-18(24)10-13-5-4-6-14(9-13)19(20,21)22/h4-9,11-12H,10H2,1-3H3,(H,23,24)/t12-/m1/s1. The summed E-state index contributed by atoms with van der Waals surface area (Å²) in [5.74, 6) is 0.805. The molecule has 0 aromatic heterocycles. The fraction of sp³-hybridized carbons (Fsp3) is 0.316. The van der Waals surface area contributed by atoms with E-state index in [1.165, 1.54) is 26.4 Å². The van der Waals surface area contributed by atoms with Crippen molar-refractivity contribution in [3.05, 3.63) is 59.2 Å². The lowest BCUT2D eigenvalue weighted by atomic mass is 10.0. The molecule has 2 aromatic rings. The number of hydrogen-bond donors (Lipinski definition) is 1. The zero-order valence-corrected chi connectivity index (χ0v) is 14.7. The van der Waals surface area contributed by atoms with Gasteiger partial charge in [0.1, 0.15) is 11.5 Å². The molecule has 0 bridgehead atoms. The van der Waals surface area contributed by atoms with E-state index in [1.54, 1.807) is 25.1 Å². The van der Waals surface area contributed by atoms with Gasteiger partial charge in [-0.2, -0.15) is 13.2 Å². The monoisotopic (exact) mass is 367 g/mol. The minimum Gasteiger partial charge on any atom is -0.497 e. The molecule has 0 aliphatic carbocycles. The number of benzene rings is 2. The summed E-state index contributed by atoms with van der Waals surface area (Å²) in [6.07, 6.45) is -4.59. The summed E-state index contributed by atoms with van der Waals surface area (Å²) in [6.45, 7) is 1.77. The van der Waals surface area contributed by atoms with Crippen molar-refractivity contribution < 1.29 is 27.4 Å². The summed E-state index contributed by atoms with van der Waals surface area (Å²) in [4.78, 5) is 12.2. The summed E-state index contributed by atoms with van der Waals surface area (Å²) in [6, 6.07) is 9.54. The number of amides is 1. The predicted molar refractivity (Wildman–Crippen MR) is 91.3 cm³/mol. The Morgan fingerprint density at radius 3 is 2.46 bits per heavy atom. The van der Waals surface area contributed by atoms with Crippen LogP contribution in [0.15, 0.2) is 42.5 Å². The van der Waals surface area contributed by atoms with Gasteiger partial charge < -0.3 is 14.8 Å². The number of carbonyl (C=O) groups is 1. The summed E-state index contributed by atoms with van der Waals surface area (Å²) < 4.78 is 48.8. The lowest BCUT2D eigenvalue weighted by Crippen LogP contribution is -2.28. The van der Waals surface area contributed by atoms with E-state index in [9.17, 15) is 18.0 Å². The van der Waals surface area contributed by atoms with E-state index in [-0.39, 0.29) is 12.3 Å². The highest BCUT2D eigenvalue weighted by Crippen LogP contribution is 2.30. The molecule has 7 heteroatoms. The fourth-order valence-electron chi connectivity index (χ4n) is 2.59. The highest BCUT2D eigenvalue weighted by Gasteiger charge is 2.30. The van der Waals surface area contributed by atoms with Crippen LogP contribution in [0.2, 0.25) is 0 Å². The second-order valence-electron chi connectivity index (χ2n) is 5.77. The Morgan fingerprint density at radius 2 is 1.85 bits per heavy atom. The molecule has 0 aliphatic rings. The Labute approximate surface area is 149 Å². The number of nitrogens with one attached hydrogen (secondary N) is 1. The molecule has 0 aliphatic heterocycles. The molecule has 4 nitrogen and oxygen atoms in total. The molecule has 0 saturated heterocycles. The van der Waals surface area contributed by atoms with Gasteiger partial charge in [-0.25, -0.2) is 0 Å². The third-order valence-electron chi connectivity index (χ3n) is 3.90. The van der Waals surface area contributed by atoms with Crippen LogP contribution >= 0.6 is 0 Å². The molecule has 0 fully saturated rings. The minimum atomic E-state index is -4.44. The molecule has 26 heavy (non-hydrogen) atoms. The summed E-state index contributed by atoms with van der Waals surface area (Å²) in [7, 11) is 3.05. The van der Waals surface area contributed by atoms with Crippen LogP contribution < -0.4 is 14.8 Å². The van der Waals surface area contributed by atoms with E-state index >= 15 is 0 Å². The van der Waals surface area contributed by atoms with Crippen LogP contribution in [0.25, 0.3) is 0 Å². The lowest BCUT2D eigenvalue weighted by Gasteiger charge is -2.18. The molecular formula is C19H20F3NO3. The molecule has 2 aromatic carbocycles. The van der Waals surface area contributed by atoms with Gasteiger partial charge in [-0.1, -0.05) is 18.2 Å². The van der Waals surface area contributed by atoms with Gasteiger partial charge in [0.05, 0.1) is 32.2 Å². The number of methoxy groups -OCH3 is 2. The number of carbonyl (C=O) groups excluding carboxylic acids is 1. The number of alkyl halides is 3. The van der Waals surface area contributed by atoms with Crippen LogP contribution in [0, 0.1) is 0 Å². The first kappa shape index (κ1) is 19.6. The van der Waals surface area contributed by atoms with E-state index in [0.29, 0.717) is 22.6 Å². The Hall–Kier alpha value is -2.70. The quantitative estimate of drug-likeness (QED) is 0.835. The zero-order valence-electron chi connectivity index (χ0n) is 14.7. The van der Waals surface area contributed by atoms with Crippen molar-refractivity contribution in [1.29, 1.82) is 0 Å². The van der Waals surface area contributed by atoms with Crippen LogP contribution in [0.5, 0.6) is 11.5 Å². The Morgan fingerprint density at radius 1 is 1.12 bits per heavy atom. The molecule has 0 heterocycles. The van der Waals surface area contributed by atoms with E-state index in [0.717, 1.165) is 12.1 Å². The first-order chi connectivity index (χ1) is 12.2. The molecule has 1 N–H and O–H groups in total.